The number of nitrogen functional groups attached to an aromatic ring is 1. The van der Waals surface area contributed by atoms with Crippen LogP contribution in [0.15, 0.2) is 6.07 Å². The van der Waals surface area contributed by atoms with Crippen molar-refractivity contribution in [3.8, 4) is 0 Å². The van der Waals surface area contributed by atoms with Crippen molar-refractivity contribution in [1.82, 2.24) is 5.32 Å². The molecule has 2 heterocycles. The van der Waals surface area contributed by atoms with Gasteiger partial charge in [-0.15, -0.1) is 11.3 Å². The maximum Gasteiger partial charge on any atom is 0.340 e. The Balaban J connectivity index is 0.000000322. The number of nitrogens with two attached hydrogens (primary N) is 1. The number of carbonyl (C=O) groups is 2. The van der Waals surface area contributed by atoms with Crippen molar-refractivity contribution >= 4 is 28.8 Å². The molecule has 3 N–H and O–H groups in total. The Labute approximate surface area is 141 Å². The van der Waals surface area contributed by atoms with E-state index in [-0.39, 0.29) is 11.6 Å². The summed E-state index contributed by atoms with van der Waals surface area (Å²) >= 11 is 1.51. The highest BCUT2D eigenvalue weighted by molar-refractivity contribution is 7.16. The fourth-order valence-corrected chi connectivity index (χ4v) is 3.23. The molecule has 0 spiro atoms. The van der Waals surface area contributed by atoms with E-state index < -0.39 is 0 Å². The largest absolute Gasteiger partial charge is 0.465 e. The van der Waals surface area contributed by atoms with E-state index in [0.29, 0.717) is 23.0 Å². The van der Waals surface area contributed by atoms with Crippen LogP contribution in [-0.2, 0) is 14.3 Å². The normalized spacial score (nSPS) is 15.3. The van der Waals surface area contributed by atoms with E-state index in [1.165, 1.54) is 23.3 Å². The van der Waals surface area contributed by atoms with Gasteiger partial charge in [0.15, 0.2) is 0 Å². The molecule has 0 atom stereocenters. The van der Waals surface area contributed by atoms with Crippen LogP contribution in [0.3, 0.4) is 0 Å². The van der Waals surface area contributed by atoms with E-state index >= 15 is 0 Å². The number of ether oxygens (including phenoxy) is 2. The van der Waals surface area contributed by atoms with Crippen LogP contribution in [0.2, 0.25) is 0 Å². The number of hydrogen-bond acceptors (Lipinski definition) is 7. The fraction of sp³-hybridized carbons (Fsp3) is 0.625. The summed E-state index contributed by atoms with van der Waals surface area (Å²) in [5.74, 6) is 0.195. The molecule has 1 saturated heterocycles. The van der Waals surface area contributed by atoms with Gasteiger partial charge >= 0.3 is 5.97 Å². The second kappa shape index (κ2) is 8.88. The predicted molar refractivity (Wildman–Crippen MR) is 91.8 cm³/mol. The highest BCUT2D eigenvalue weighted by Gasteiger charge is 2.21. The smallest absolute Gasteiger partial charge is 0.340 e. The summed E-state index contributed by atoms with van der Waals surface area (Å²) in [6.07, 6.45) is 2.22. The lowest BCUT2D eigenvalue weighted by Crippen LogP contribution is -2.26. The van der Waals surface area contributed by atoms with Gasteiger partial charge in [0.2, 0.25) is 0 Å². The molecular weight excluding hydrogens is 316 g/mol. The average Bonchev–Trinajstić information content (AvgIpc) is 2.89. The monoisotopic (exact) mass is 342 g/mol. The van der Waals surface area contributed by atoms with E-state index in [1.54, 1.807) is 0 Å². The summed E-state index contributed by atoms with van der Waals surface area (Å²) in [5.41, 5.74) is 6.02. The lowest BCUT2D eigenvalue weighted by atomic mass is 9.96. The molecule has 0 radical (unpaired) electrons. The summed E-state index contributed by atoms with van der Waals surface area (Å²) in [6, 6.07) is 1.89. The molecule has 1 fully saturated rings. The minimum atomic E-state index is -0.339. The number of thiophene rings is 1. The molecule has 2 rings (SSSR count). The van der Waals surface area contributed by atoms with Crippen LogP contribution < -0.4 is 11.1 Å². The Hall–Kier alpha value is -1.60. The Morgan fingerprint density at radius 2 is 2.00 bits per heavy atom. The Morgan fingerprint density at radius 3 is 2.43 bits per heavy atom. The molecule has 6 nitrogen and oxygen atoms in total. The quantitative estimate of drug-likeness (QED) is 0.648. The third-order valence-corrected chi connectivity index (χ3v) is 4.46. The molecule has 1 aliphatic heterocycles. The third kappa shape index (κ3) is 6.58. The summed E-state index contributed by atoms with van der Waals surface area (Å²) in [7, 11) is 1.38. The van der Waals surface area contributed by atoms with Crippen LogP contribution in [0, 0.1) is 0 Å². The molecular formula is C16H26N2O4S. The first-order valence-electron chi connectivity index (χ1n) is 7.58. The van der Waals surface area contributed by atoms with Crippen molar-refractivity contribution in [2.75, 3.05) is 25.9 Å². The van der Waals surface area contributed by atoms with Gasteiger partial charge in [-0.1, -0.05) is 0 Å². The number of carbonyl (C=O) groups excluding carboxylic acids is 2. The van der Waals surface area contributed by atoms with Gasteiger partial charge < -0.3 is 20.5 Å². The second-order valence-corrected chi connectivity index (χ2v) is 7.38. The first-order valence-corrected chi connectivity index (χ1v) is 8.40. The van der Waals surface area contributed by atoms with Gasteiger partial charge in [0.05, 0.1) is 12.7 Å². The molecule has 0 saturated carbocycles. The van der Waals surface area contributed by atoms with E-state index in [4.69, 9.17) is 10.5 Å². The van der Waals surface area contributed by atoms with Gasteiger partial charge in [-0.25, -0.2) is 4.79 Å². The second-order valence-electron chi connectivity index (χ2n) is 6.27. The first-order chi connectivity index (χ1) is 10.8. The van der Waals surface area contributed by atoms with Gasteiger partial charge in [0.1, 0.15) is 10.6 Å². The number of hydrogen-bond donors (Lipinski definition) is 2. The Morgan fingerprint density at radius 1 is 1.39 bits per heavy atom. The molecule has 1 aromatic heterocycles. The first kappa shape index (κ1) is 19.4. The number of esters is 1. The van der Waals surface area contributed by atoms with Crippen LogP contribution in [-0.4, -0.2) is 38.2 Å². The molecule has 130 valence electrons. The molecule has 0 amide bonds. The van der Waals surface area contributed by atoms with E-state index in [0.717, 1.165) is 25.9 Å². The zero-order valence-electron chi connectivity index (χ0n) is 14.2. The minimum Gasteiger partial charge on any atom is -0.465 e. The van der Waals surface area contributed by atoms with Gasteiger partial charge in [-0.05, 0) is 58.7 Å². The molecule has 0 aromatic carbocycles. The topological polar surface area (TPSA) is 90.6 Å². The fourth-order valence-electron chi connectivity index (χ4n) is 2.15. The van der Waals surface area contributed by atoms with Crippen molar-refractivity contribution in [1.29, 1.82) is 0 Å². The zero-order chi connectivity index (χ0) is 17.5. The van der Waals surface area contributed by atoms with Gasteiger partial charge in [0.25, 0.3) is 6.47 Å². The van der Waals surface area contributed by atoms with E-state index in [2.05, 4.69) is 10.1 Å². The molecule has 1 aromatic rings. The molecule has 0 bridgehead atoms. The number of nitrogens with one attached hydrogen (secondary N) is 1. The molecule has 7 heteroatoms. The average molecular weight is 342 g/mol. The lowest BCUT2D eigenvalue weighted by molar-refractivity contribution is -0.138. The van der Waals surface area contributed by atoms with E-state index in [9.17, 15) is 9.59 Å². The van der Waals surface area contributed by atoms with Crippen LogP contribution in [0.25, 0.3) is 0 Å². The SMILES string of the molecule is CC(C)(C)OC=O.COC(=O)c1cc(C2CCNCC2)sc1N. The summed E-state index contributed by atoms with van der Waals surface area (Å²) in [5, 5.41) is 3.89. The lowest BCUT2D eigenvalue weighted by Gasteiger charge is -2.21. The predicted octanol–water partition coefficient (Wildman–Crippen LogP) is 2.54. The maximum absolute atomic E-state index is 11.4. The third-order valence-electron chi connectivity index (χ3n) is 3.33. The summed E-state index contributed by atoms with van der Waals surface area (Å²) < 4.78 is 9.24. The standard InChI is InChI=1S/C11H16N2O2S.C5H10O2/c1-15-11(14)8-6-9(16-10(8)12)7-2-4-13-5-3-7;1-5(2,3)7-4-6/h6-7,13H,2-5,12H2,1H3;4H,1-3H3. The van der Waals surface area contributed by atoms with Crippen molar-refractivity contribution < 1.29 is 19.1 Å². The van der Waals surface area contributed by atoms with Crippen molar-refractivity contribution in [2.45, 2.75) is 45.1 Å². The summed E-state index contributed by atoms with van der Waals surface area (Å²) in [6.45, 7) is 8.00. The van der Waals surface area contributed by atoms with E-state index in [1.807, 2.05) is 26.8 Å². The number of methoxy groups -OCH3 is 1. The number of piperidine rings is 1. The number of anilines is 1. The molecule has 0 aliphatic carbocycles. The van der Waals surface area contributed by atoms with Crippen LogP contribution >= 0.6 is 11.3 Å². The maximum atomic E-state index is 11.4. The number of rotatable bonds is 3. The van der Waals surface area contributed by atoms with Crippen molar-refractivity contribution in [3.63, 3.8) is 0 Å². The summed E-state index contributed by atoms with van der Waals surface area (Å²) in [4.78, 5) is 22.2. The van der Waals surface area contributed by atoms with Crippen molar-refractivity contribution in [3.05, 3.63) is 16.5 Å². The Bertz CT molecular complexity index is 517. The molecule has 1 aliphatic rings. The highest BCUT2D eigenvalue weighted by Crippen LogP contribution is 2.35. The minimum absolute atomic E-state index is 0.318. The zero-order valence-corrected chi connectivity index (χ0v) is 15.0. The highest BCUT2D eigenvalue weighted by atomic mass is 32.1. The molecule has 23 heavy (non-hydrogen) atoms. The van der Waals surface area contributed by atoms with Crippen LogP contribution in [0.4, 0.5) is 5.00 Å². The van der Waals surface area contributed by atoms with Crippen LogP contribution in [0.5, 0.6) is 0 Å². The Kier molecular flexibility index (Phi) is 7.51. The van der Waals surface area contributed by atoms with Gasteiger partial charge in [-0.2, -0.15) is 0 Å². The van der Waals surface area contributed by atoms with Gasteiger partial charge in [0, 0.05) is 4.88 Å². The molecule has 0 unspecified atom stereocenters. The van der Waals surface area contributed by atoms with Crippen LogP contribution in [0.1, 0.15) is 54.8 Å². The van der Waals surface area contributed by atoms with Crippen molar-refractivity contribution in [2.24, 2.45) is 0 Å². The van der Waals surface area contributed by atoms with Gasteiger partial charge in [-0.3, -0.25) is 4.79 Å².